The van der Waals surface area contributed by atoms with Gasteiger partial charge in [0, 0.05) is 11.4 Å². The predicted molar refractivity (Wildman–Crippen MR) is 117 cm³/mol. The number of hydrogen-bond acceptors (Lipinski definition) is 4. The first-order valence-corrected chi connectivity index (χ1v) is 11.3. The molecule has 0 saturated carbocycles. The summed E-state index contributed by atoms with van der Waals surface area (Å²) in [5, 5.41) is 0. The molecule has 0 bridgehead atoms. The zero-order valence-corrected chi connectivity index (χ0v) is 16.6. The standard InChI is InChI=1S/C24H18N2O2Si/c1-3-11-19(12-4-1)25-21-15-7-9-17-23(21)27-29(25)26(20-13-5-2-6-14-20)22-16-8-10-18-24(22)28-29/h1-18H. The second-order valence-electron chi connectivity index (χ2n) is 7.03. The largest absolute Gasteiger partial charge is 0.733 e. The second kappa shape index (κ2) is 6.15. The van der Waals surface area contributed by atoms with Gasteiger partial charge in [-0.05, 0) is 48.5 Å². The summed E-state index contributed by atoms with van der Waals surface area (Å²) in [7, 11) is -3.15. The van der Waals surface area contributed by atoms with Gasteiger partial charge in [-0.15, -0.1) is 0 Å². The van der Waals surface area contributed by atoms with E-state index in [1.165, 1.54) is 0 Å². The maximum Gasteiger partial charge on any atom is 0.733 e. The number of para-hydroxylation sites is 6. The van der Waals surface area contributed by atoms with Crippen LogP contribution < -0.4 is 18.0 Å². The minimum absolute atomic E-state index is 0.844. The van der Waals surface area contributed by atoms with Gasteiger partial charge >= 0.3 is 8.88 Å². The molecule has 4 aromatic rings. The van der Waals surface area contributed by atoms with Crippen molar-refractivity contribution in [3.63, 3.8) is 0 Å². The van der Waals surface area contributed by atoms with Crippen LogP contribution in [0.2, 0.25) is 0 Å². The molecule has 4 nitrogen and oxygen atoms in total. The van der Waals surface area contributed by atoms with E-state index in [9.17, 15) is 0 Å². The molecule has 140 valence electrons. The lowest BCUT2D eigenvalue weighted by molar-refractivity contribution is 0.413. The number of hydrogen-bond donors (Lipinski definition) is 0. The minimum atomic E-state index is -3.15. The zero-order valence-electron chi connectivity index (χ0n) is 15.6. The first-order chi connectivity index (χ1) is 14.4. The van der Waals surface area contributed by atoms with E-state index in [1.807, 2.05) is 72.8 Å². The van der Waals surface area contributed by atoms with Gasteiger partial charge in [0.25, 0.3) is 0 Å². The molecular formula is C24H18N2O2Si. The van der Waals surface area contributed by atoms with Gasteiger partial charge in [0.2, 0.25) is 0 Å². The van der Waals surface area contributed by atoms with E-state index < -0.39 is 8.88 Å². The Morgan fingerprint density at radius 3 is 1.28 bits per heavy atom. The van der Waals surface area contributed by atoms with Crippen molar-refractivity contribution < 1.29 is 8.85 Å². The molecule has 0 fully saturated rings. The Hall–Kier alpha value is -3.70. The highest BCUT2D eigenvalue weighted by Crippen LogP contribution is 2.54. The first kappa shape index (κ1) is 16.3. The Balaban J connectivity index is 1.63. The maximum absolute atomic E-state index is 6.74. The molecule has 0 aliphatic carbocycles. The zero-order chi connectivity index (χ0) is 19.3. The summed E-state index contributed by atoms with van der Waals surface area (Å²) in [4.78, 5) is 0. The van der Waals surface area contributed by atoms with Crippen LogP contribution in [0.3, 0.4) is 0 Å². The number of fused-ring (bicyclic) bond motifs is 2. The molecule has 29 heavy (non-hydrogen) atoms. The third kappa shape index (κ3) is 2.31. The molecule has 2 heterocycles. The number of rotatable bonds is 2. The molecule has 0 unspecified atom stereocenters. The fourth-order valence-electron chi connectivity index (χ4n) is 4.11. The molecule has 1 spiro atoms. The van der Waals surface area contributed by atoms with Crippen molar-refractivity contribution in [2.75, 3.05) is 9.13 Å². The molecule has 5 heteroatoms. The van der Waals surface area contributed by atoms with Crippen LogP contribution in [-0.2, 0) is 0 Å². The Labute approximate surface area is 170 Å². The summed E-state index contributed by atoms with van der Waals surface area (Å²) in [6.07, 6.45) is 0. The van der Waals surface area contributed by atoms with Crippen LogP contribution >= 0.6 is 0 Å². The van der Waals surface area contributed by atoms with Gasteiger partial charge in [-0.2, -0.15) is 0 Å². The van der Waals surface area contributed by atoms with Crippen LogP contribution in [0.25, 0.3) is 0 Å². The lowest BCUT2D eigenvalue weighted by atomic mass is 10.2. The molecule has 2 aliphatic heterocycles. The van der Waals surface area contributed by atoms with E-state index in [0.29, 0.717) is 0 Å². The van der Waals surface area contributed by atoms with Gasteiger partial charge in [0.05, 0.1) is 11.4 Å². The third-order valence-corrected chi connectivity index (χ3v) is 8.39. The molecule has 2 aliphatic rings. The Bertz CT molecular complexity index is 1090. The van der Waals surface area contributed by atoms with Gasteiger partial charge in [-0.25, -0.2) is 0 Å². The van der Waals surface area contributed by atoms with Gasteiger partial charge in [0.1, 0.15) is 11.5 Å². The highest BCUT2D eigenvalue weighted by molar-refractivity contribution is 6.81. The molecule has 0 amide bonds. The number of benzene rings is 4. The minimum Gasteiger partial charge on any atom is -0.478 e. The summed E-state index contributed by atoms with van der Waals surface area (Å²) < 4.78 is 18.0. The SMILES string of the molecule is c1ccc(N2c3ccccc3O[Si]23Oc2ccccc2N3c2ccccc2)cc1. The van der Waals surface area contributed by atoms with E-state index in [2.05, 4.69) is 45.5 Å². The average Bonchev–Trinajstić information content (AvgIpc) is 3.28. The van der Waals surface area contributed by atoms with Gasteiger partial charge < -0.3 is 8.85 Å². The fraction of sp³-hybridized carbons (Fsp3) is 0. The topological polar surface area (TPSA) is 24.9 Å². The molecular weight excluding hydrogens is 376 g/mol. The van der Waals surface area contributed by atoms with E-state index in [0.717, 1.165) is 34.2 Å². The number of anilines is 4. The van der Waals surface area contributed by atoms with Crippen molar-refractivity contribution in [3.05, 3.63) is 109 Å². The predicted octanol–water partition coefficient (Wildman–Crippen LogP) is 5.88. The summed E-state index contributed by atoms with van der Waals surface area (Å²) in [6.45, 7) is 0. The lowest BCUT2D eigenvalue weighted by Crippen LogP contribution is -2.67. The summed E-state index contributed by atoms with van der Waals surface area (Å²) in [5.41, 5.74) is 4.16. The Morgan fingerprint density at radius 1 is 0.448 bits per heavy atom. The van der Waals surface area contributed by atoms with Gasteiger partial charge in [-0.1, -0.05) is 60.7 Å². The van der Waals surface area contributed by atoms with Crippen molar-refractivity contribution >= 4 is 31.6 Å². The Morgan fingerprint density at radius 2 is 0.828 bits per heavy atom. The normalized spacial score (nSPS) is 15.6. The monoisotopic (exact) mass is 394 g/mol. The second-order valence-corrected chi connectivity index (χ2v) is 9.43. The Kier molecular flexibility index (Phi) is 3.45. The van der Waals surface area contributed by atoms with Crippen molar-refractivity contribution in [1.29, 1.82) is 0 Å². The molecule has 6 rings (SSSR count). The highest BCUT2D eigenvalue weighted by atomic mass is 28.4. The van der Waals surface area contributed by atoms with Crippen LogP contribution in [0, 0.1) is 0 Å². The number of nitrogens with zero attached hydrogens (tertiary/aromatic N) is 2. The van der Waals surface area contributed by atoms with Crippen molar-refractivity contribution in [2.45, 2.75) is 0 Å². The summed E-state index contributed by atoms with van der Waals surface area (Å²) in [5.74, 6) is 1.69. The van der Waals surface area contributed by atoms with Crippen LogP contribution in [0.4, 0.5) is 22.7 Å². The molecule has 4 aromatic carbocycles. The van der Waals surface area contributed by atoms with Crippen LogP contribution in [0.5, 0.6) is 11.5 Å². The van der Waals surface area contributed by atoms with Crippen LogP contribution in [0.1, 0.15) is 0 Å². The first-order valence-electron chi connectivity index (χ1n) is 9.63. The highest BCUT2D eigenvalue weighted by Gasteiger charge is 2.67. The molecule has 0 atom stereocenters. The maximum atomic E-state index is 6.74. The van der Waals surface area contributed by atoms with Crippen molar-refractivity contribution in [1.82, 2.24) is 0 Å². The van der Waals surface area contributed by atoms with Crippen molar-refractivity contribution in [2.24, 2.45) is 0 Å². The van der Waals surface area contributed by atoms with Crippen LogP contribution in [0.15, 0.2) is 109 Å². The van der Waals surface area contributed by atoms with E-state index in [1.54, 1.807) is 0 Å². The molecule has 0 N–H and O–H groups in total. The summed E-state index contributed by atoms with van der Waals surface area (Å²) in [6, 6.07) is 37.0. The van der Waals surface area contributed by atoms with Crippen LogP contribution in [-0.4, -0.2) is 8.88 Å². The fourth-order valence-corrected chi connectivity index (χ4v) is 7.56. The van der Waals surface area contributed by atoms with E-state index in [-0.39, 0.29) is 0 Å². The van der Waals surface area contributed by atoms with Crippen molar-refractivity contribution in [3.8, 4) is 11.5 Å². The molecule has 0 aromatic heterocycles. The quantitative estimate of drug-likeness (QED) is 0.396. The molecule has 0 saturated heterocycles. The van der Waals surface area contributed by atoms with Gasteiger partial charge in [-0.3, -0.25) is 9.13 Å². The van der Waals surface area contributed by atoms with Gasteiger partial charge in [0.15, 0.2) is 0 Å². The summed E-state index contributed by atoms with van der Waals surface area (Å²) >= 11 is 0. The molecule has 0 radical (unpaired) electrons. The smallest absolute Gasteiger partial charge is 0.478 e. The van der Waals surface area contributed by atoms with E-state index >= 15 is 0 Å². The third-order valence-electron chi connectivity index (χ3n) is 5.29. The average molecular weight is 395 g/mol. The lowest BCUT2D eigenvalue weighted by Gasteiger charge is -2.35. The van der Waals surface area contributed by atoms with E-state index in [4.69, 9.17) is 8.85 Å².